The standard InChI is InChI=1S/C32H34N6O.C31H32N6O.C27H19N5.C26H22N4O/c1-36(2)21-30(39)37-17-14-22(15-18-37)19-29-35-31(32-26(33)9-6-16-38(29)32)25-11-10-24-12-13-27(34-28(24)20-25)23-7-4-3-5-8-23;1-2-33-31(38)36-17-14-21(15-18-36)19-28-35-29(30-25(32)9-6-16-37(28)30)24-11-10-23-12-13-26(34-27(23)20-24)22-7-4-3-5-8-22;28-27-23-24(32-25(26(23)29-16-30-27)19-9-5-2-6-10-19)20-12-11-18-13-14-21(31-22(18)15-20)17-7-3-1-4-8-17;27-21-7-4-12-30-25(21)24(29-26(30)19-13-20(31)14-19)18-9-8-17-10-11-22(28-23(17)15-18)16-5-2-1-3-6-16/h3-13,16,20,22H,14-15,17-19,21,33H2,1-2H3;3-13,16,20-21H,2,14-15,17-19,32H2,1H3,(H,33,38);1-16,25H,(H2,28,29,30);1-12,15,19-20,31H,13-14,27H2. The zero-order valence-electron chi connectivity index (χ0n) is 78.3. The number of aromatic nitrogens is 12. The van der Waals surface area contributed by atoms with Crippen molar-refractivity contribution in [3.05, 3.63) is 374 Å². The first kappa shape index (κ1) is 89.8. The van der Waals surface area contributed by atoms with Gasteiger partial charge in [0.2, 0.25) is 5.91 Å². The molecule has 9 aromatic carbocycles. The largest absolute Gasteiger partial charge is 0.397 e. The van der Waals surface area contributed by atoms with Gasteiger partial charge in [-0.2, -0.15) is 0 Å². The first-order chi connectivity index (χ1) is 68.5. The summed E-state index contributed by atoms with van der Waals surface area (Å²) in [6.45, 7) is 6.22. The van der Waals surface area contributed by atoms with Gasteiger partial charge in [0.15, 0.2) is 0 Å². The van der Waals surface area contributed by atoms with Crippen LogP contribution in [-0.4, -0.2) is 155 Å². The number of aliphatic hydroxyl groups excluding tert-OH is 1. The number of urea groups is 1. The number of aliphatic hydroxyl groups is 1. The van der Waals surface area contributed by atoms with Gasteiger partial charge in [-0.05, 0) is 162 Å². The normalized spacial score (nSPS) is 15.4. The highest BCUT2D eigenvalue weighted by Gasteiger charge is 2.36. The number of hydrogen-bond donors (Lipinski definition) is 6. The Kier molecular flexibility index (Phi) is 25.4. The van der Waals surface area contributed by atoms with E-state index in [1.165, 1.54) is 6.33 Å². The molecular weight excluding hydrogens is 1740 g/mol. The Morgan fingerprint density at radius 1 is 0.407 bits per heavy atom. The molecule has 1 unspecified atom stereocenters. The minimum atomic E-state index is -0.233. The molecule has 14 heterocycles. The number of fused-ring (bicyclic) bond motifs is 8. The molecule has 0 radical (unpaired) electrons. The topological polar surface area (TPSA) is 322 Å². The summed E-state index contributed by atoms with van der Waals surface area (Å²) >= 11 is 0. The van der Waals surface area contributed by atoms with E-state index in [1.54, 1.807) is 0 Å². The number of nitrogens with two attached hydrogens (primary N) is 4. The van der Waals surface area contributed by atoms with E-state index >= 15 is 0 Å². The summed E-state index contributed by atoms with van der Waals surface area (Å²) in [6.07, 6.45) is 14.5. The number of benzene rings is 9. The van der Waals surface area contributed by atoms with Gasteiger partial charge >= 0.3 is 6.03 Å². The monoisotopic (exact) mass is 1840 g/mol. The predicted molar refractivity (Wildman–Crippen MR) is 561 cm³/mol. The number of carbonyl (C=O) groups is 2. The summed E-state index contributed by atoms with van der Waals surface area (Å²) in [5.74, 6) is 4.82. The fourth-order valence-corrected chi connectivity index (χ4v) is 19.8. The summed E-state index contributed by atoms with van der Waals surface area (Å²) in [5.41, 5.74) is 52.6. The molecule has 3 amide bonds. The Morgan fingerprint density at radius 2 is 0.779 bits per heavy atom. The highest BCUT2D eigenvalue weighted by Crippen LogP contribution is 2.44. The lowest BCUT2D eigenvalue weighted by Gasteiger charge is -2.32. The van der Waals surface area contributed by atoms with Crippen molar-refractivity contribution in [2.24, 2.45) is 16.8 Å². The maximum atomic E-state index is 12.5. The van der Waals surface area contributed by atoms with E-state index < -0.39 is 0 Å². The minimum absolute atomic E-state index is 0.0348. The van der Waals surface area contributed by atoms with Crippen LogP contribution in [0, 0.1) is 11.8 Å². The van der Waals surface area contributed by atoms with Crippen LogP contribution in [-0.2, 0) is 17.6 Å². The zero-order valence-corrected chi connectivity index (χ0v) is 78.3. The smallest absolute Gasteiger partial charge is 0.317 e. The van der Waals surface area contributed by atoms with E-state index in [2.05, 4.69) is 217 Å². The first-order valence-corrected chi connectivity index (χ1v) is 48.0. The molecule has 2 saturated heterocycles. The third kappa shape index (κ3) is 18.7. The lowest BCUT2D eigenvalue weighted by atomic mass is 9.82. The van der Waals surface area contributed by atoms with E-state index in [0.717, 1.165) is 262 Å². The Bertz CT molecular complexity index is 8010. The number of rotatable bonds is 17. The lowest BCUT2D eigenvalue weighted by Crippen LogP contribution is -2.44. The van der Waals surface area contributed by atoms with Crippen LogP contribution in [0.4, 0.5) is 27.7 Å². The van der Waals surface area contributed by atoms with Gasteiger partial charge < -0.3 is 61.3 Å². The quantitative estimate of drug-likeness (QED) is 0.0493. The molecule has 1 aliphatic carbocycles. The van der Waals surface area contributed by atoms with Crippen molar-refractivity contribution >= 4 is 101 Å². The SMILES string of the molecule is CCNC(=O)N1CCC(Cc2nc(-c3ccc4ccc(-c5ccccc5)nc4c3)c3c(N)cccn23)CC1.CN(C)CC(=O)N1CCC(Cc2nc(-c3ccc4ccc(-c5ccccc5)nc4c3)c3c(N)cccn23)CC1.Nc1cccn2c(C3CC(O)C3)nc(-c3ccc4ccc(-c5ccccc5)nc4c3)c12.Nc1ncnc2c1C(c1ccc3ccc(-c4ccccc4)nc3c1)=NC2c1ccccc1. The van der Waals surface area contributed by atoms with E-state index in [4.69, 9.17) is 62.8 Å². The molecule has 3 aliphatic heterocycles. The van der Waals surface area contributed by atoms with Gasteiger partial charge in [-0.3, -0.25) is 9.79 Å². The summed E-state index contributed by atoms with van der Waals surface area (Å²) in [4.78, 5) is 79.5. The van der Waals surface area contributed by atoms with Crippen molar-refractivity contribution in [2.45, 2.75) is 76.4 Å². The van der Waals surface area contributed by atoms with Crippen LogP contribution >= 0.6 is 0 Å². The average molecular weight is 1840 g/mol. The number of amides is 3. The molecule has 3 fully saturated rings. The molecule has 4 aliphatic rings. The van der Waals surface area contributed by atoms with Crippen LogP contribution in [0.25, 0.3) is 139 Å². The predicted octanol–water partition coefficient (Wildman–Crippen LogP) is 21.2. The van der Waals surface area contributed by atoms with Gasteiger partial charge in [-0.1, -0.05) is 224 Å². The molecule has 140 heavy (non-hydrogen) atoms. The van der Waals surface area contributed by atoms with Gasteiger partial charge in [0, 0.05) is 136 Å². The summed E-state index contributed by atoms with van der Waals surface area (Å²) in [6, 6.07) is 104. The maximum Gasteiger partial charge on any atom is 0.317 e. The van der Waals surface area contributed by atoms with Crippen LogP contribution in [0.3, 0.4) is 0 Å². The molecule has 11 aromatic heterocycles. The first-order valence-electron chi connectivity index (χ1n) is 48.0. The molecule has 24 nitrogen and oxygen atoms in total. The molecule has 24 rings (SSSR count). The summed E-state index contributed by atoms with van der Waals surface area (Å²) in [7, 11) is 3.87. The number of anilines is 4. The Morgan fingerprint density at radius 3 is 1.19 bits per heavy atom. The van der Waals surface area contributed by atoms with Gasteiger partial charge in [-0.15, -0.1) is 0 Å². The minimum Gasteiger partial charge on any atom is -0.397 e. The molecule has 694 valence electrons. The summed E-state index contributed by atoms with van der Waals surface area (Å²) in [5, 5.41) is 17.0. The van der Waals surface area contributed by atoms with Crippen LogP contribution in [0.15, 0.2) is 339 Å². The van der Waals surface area contributed by atoms with Crippen molar-refractivity contribution < 1.29 is 14.7 Å². The van der Waals surface area contributed by atoms with E-state index in [9.17, 15) is 14.7 Å². The van der Waals surface area contributed by atoms with Gasteiger partial charge in [0.1, 0.15) is 35.7 Å². The molecule has 24 heteroatoms. The Balaban J connectivity index is 0.000000111. The van der Waals surface area contributed by atoms with Crippen molar-refractivity contribution in [3.63, 3.8) is 0 Å². The van der Waals surface area contributed by atoms with Crippen molar-refractivity contribution in [2.75, 3.05) is 76.3 Å². The third-order valence-corrected chi connectivity index (χ3v) is 27.2. The maximum absolute atomic E-state index is 12.5. The van der Waals surface area contributed by atoms with Crippen LogP contribution in [0.2, 0.25) is 0 Å². The second-order valence-corrected chi connectivity index (χ2v) is 36.9. The van der Waals surface area contributed by atoms with Crippen molar-refractivity contribution in [1.82, 2.24) is 78.1 Å². The molecule has 20 aromatic rings. The van der Waals surface area contributed by atoms with Crippen LogP contribution in [0.1, 0.15) is 97.3 Å². The number of nitrogens with one attached hydrogen (secondary N) is 1. The average Bonchev–Trinajstić information content (AvgIpc) is 1.61. The molecule has 0 spiro atoms. The third-order valence-electron chi connectivity index (χ3n) is 27.2. The number of pyridine rings is 7. The number of likely N-dealkylation sites (N-methyl/N-ethyl adjacent to an activating group) is 1. The van der Waals surface area contributed by atoms with Crippen LogP contribution < -0.4 is 28.3 Å². The second-order valence-electron chi connectivity index (χ2n) is 36.9. The van der Waals surface area contributed by atoms with E-state index in [1.807, 2.05) is 176 Å². The van der Waals surface area contributed by atoms with E-state index in [0.29, 0.717) is 47.8 Å². The number of nitrogens with zero attached hydrogens (tertiary/aromatic N) is 16. The number of carbonyl (C=O) groups excluding carboxylic acids is 2. The molecule has 10 N–H and O–H groups in total. The number of imidazole rings is 3. The van der Waals surface area contributed by atoms with E-state index in [-0.39, 0.29) is 30.0 Å². The molecule has 0 bridgehead atoms. The highest BCUT2D eigenvalue weighted by molar-refractivity contribution is 6.19. The number of likely N-dealkylation sites (tertiary alicyclic amines) is 2. The summed E-state index contributed by atoms with van der Waals surface area (Å²) < 4.78 is 6.37. The fraction of sp³-hybridized carbons (Fsp3) is 0.190. The number of aliphatic imine (C=N–C) groups is 1. The number of piperidine rings is 2. The second kappa shape index (κ2) is 39.6. The Labute approximate surface area is 810 Å². The molecular formula is C116H107N21O3. The van der Waals surface area contributed by atoms with Gasteiger partial charge in [-0.25, -0.2) is 49.7 Å². The molecule has 1 saturated carbocycles. The number of nitrogen functional groups attached to an aromatic ring is 4. The van der Waals surface area contributed by atoms with Gasteiger partial charge in [0.05, 0.1) is 125 Å². The molecule has 1 atom stereocenters. The number of hydrogen-bond acceptors (Lipinski definition) is 18. The van der Waals surface area contributed by atoms with Crippen molar-refractivity contribution in [3.8, 4) is 78.8 Å². The lowest BCUT2D eigenvalue weighted by molar-refractivity contribution is -0.133. The Hall–Kier alpha value is -16.7. The van der Waals surface area contributed by atoms with Crippen LogP contribution in [0.5, 0.6) is 0 Å². The fourth-order valence-electron chi connectivity index (χ4n) is 19.8. The highest BCUT2D eigenvalue weighted by atomic mass is 16.3. The van der Waals surface area contributed by atoms with Crippen molar-refractivity contribution in [1.29, 1.82) is 0 Å². The zero-order chi connectivity index (χ0) is 95.4. The van der Waals surface area contributed by atoms with Gasteiger partial charge in [0.25, 0.3) is 0 Å².